The second-order valence-corrected chi connectivity index (χ2v) is 4.28. The van der Waals surface area contributed by atoms with Crippen molar-refractivity contribution in [3.05, 3.63) is 59.8 Å². The summed E-state index contributed by atoms with van der Waals surface area (Å²) in [6, 6.07) is 15.5. The van der Waals surface area contributed by atoms with E-state index in [1.807, 2.05) is 55.5 Å². The molecule has 98 valence electrons. The lowest BCUT2D eigenvalue weighted by Gasteiger charge is -2.07. The van der Waals surface area contributed by atoms with E-state index in [1.165, 1.54) is 0 Å². The summed E-state index contributed by atoms with van der Waals surface area (Å²) in [7, 11) is 0. The summed E-state index contributed by atoms with van der Waals surface area (Å²) >= 11 is 0. The Morgan fingerprint density at radius 1 is 1.11 bits per heavy atom. The average Bonchev–Trinajstić information content (AvgIpc) is 2.44. The highest BCUT2D eigenvalue weighted by atomic mass is 16.1. The Hall–Kier alpha value is -2.36. The molecule has 2 rings (SSSR count). The molecular weight excluding hydrogens is 238 g/mol. The first-order valence-electron chi connectivity index (χ1n) is 6.22. The molecule has 0 bridgehead atoms. The van der Waals surface area contributed by atoms with Crippen LogP contribution in [0.2, 0.25) is 0 Å². The molecule has 2 N–H and O–H groups in total. The fourth-order valence-corrected chi connectivity index (χ4v) is 1.67. The van der Waals surface area contributed by atoms with E-state index in [1.54, 1.807) is 0 Å². The predicted molar refractivity (Wildman–Crippen MR) is 75.8 cm³/mol. The molecule has 0 aliphatic heterocycles. The molecule has 0 spiro atoms. The number of hydrogen-bond donors (Lipinski definition) is 2. The van der Waals surface area contributed by atoms with Crippen LogP contribution in [0.4, 0.5) is 5.82 Å². The van der Waals surface area contributed by atoms with Gasteiger partial charge in [-0.15, -0.1) is 0 Å². The number of nitrogens with one attached hydrogen (secondary N) is 2. The minimum Gasteiger partial charge on any atom is -0.361 e. The Morgan fingerprint density at radius 3 is 2.63 bits per heavy atom. The van der Waals surface area contributed by atoms with Crippen molar-refractivity contribution >= 4 is 11.7 Å². The van der Waals surface area contributed by atoms with E-state index in [0.29, 0.717) is 6.54 Å². The third-order valence-corrected chi connectivity index (χ3v) is 2.65. The van der Waals surface area contributed by atoms with Gasteiger partial charge in [0.1, 0.15) is 5.82 Å². The first kappa shape index (κ1) is 13.1. The maximum Gasteiger partial charge on any atom is 0.239 e. The van der Waals surface area contributed by atoms with Crippen LogP contribution in [0.5, 0.6) is 0 Å². The van der Waals surface area contributed by atoms with Crippen LogP contribution in [0.1, 0.15) is 11.3 Å². The van der Waals surface area contributed by atoms with Crippen molar-refractivity contribution in [2.24, 2.45) is 0 Å². The molecule has 4 nitrogen and oxygen atoms in total. The lowest BCUT2D eigenvalue weighted by molar-refractivity contribution is -0.119. The van der Waals surface area contributed by atoms with Gasteiger partial charge in [0.15, 0.2) is 0 Å². The number of carbonyl (C=O) groups is 1. The number of pyridine rings is 1. The van der Waals surface area contributed by atoms with Crippen LogP contribution < -0.4 is 10.6 Å². The number of anilines is 1. The van der Waals surface area contributed by atoms with Crippen molar-refractivity contribution in [3.8, 4) is 0 Å². The van der Waals surface area contributed by atoms with Gasteiger partial charge in [0.05, 0.1) is 6.54 Å². The van der Waals surface area contributed by atoms with Crippen molar-refractivity contribution in [2.45, 2.75) is 13.5 Å². The number of hydrogen-bond acceptors (Lipinski definition) is 3. The van der Waals surface area contributed by atoms with Crippen molar-refractivity contribution in [2.75, 3.05) is 11.9 Å². The topological polar surface area (TPSA) is 54.0 Å². The summed E-state index contributed by atoms with van der Waals surface area (Å²) < 4.78 is 0. The highest BCUT2D eigenvalue weighted by Crippen LogP contribution is 2.03. The Labute approximate surface area is 112 Å². The summed E-state index contributed by atoms with van der Waals surface area (Å²) in [5, 5.41) is 5.85. The second kappa shape index (κ2) is 6.54. The van der Waals surface area contributed by atoms with E-state index >= 15 is 0 Å². The maximum absolute atomic E-state index is 11.7. The Balaban J connectivity index is 1.76. The smallest absolute Gasteiger partial charge is 0.239 e. The van der Waals surface area contributed by atoms with Gasteiger partial charge in [-0.2, -0.15) is 0 Å². The van der Waals surface area contributed by atoms with Gasteiger partial charge < -0.3 is 10.6 Å². The number of amides is 1. The zero-order chi connectivity index (χ0) is 13.5. The fraction of sp³-hybridized carbons (Fsp3) is 0.200. The molecule has 0 radical (unpaired) electrons. The Bertz CT molecular complexity index is 540. The summed E-state index contributed by atoms with van der Waals surface area (Å²) in [6.45, 7) is 2.69. The fourth-order valence-electron chi connectivity index (χ4n) is 1.67. The molecule has 4 heteroatoms. The summed E-state index contributed by atoms with van der Waals surface area (Å²) in [5.74, 6) is 0.669. The van der Waals surface area contributed by atoms with Crippen LogP contribution in [0.25, 0.3) is 0 Å². The molecule has 0 fully saturated rings. The van der Waals surface area contributed by atoms with Crippen LogP contribution in [0.3, 0.4) is 0 Å². The van der Waals surface area contributed by atoms with E-state index in [-0.39, 0.29) is 12.5 Å². The molecule has 19 heavy (non-hydrogen) atoms. The molecule has 1 amide bonds. The normalized spacial score (nSPS) is 9.95. The van der Waals surface area contributed by atoms with Crippen molar-refractivity contribution in [1.29, 1.82) is 0 Å². The van der Waals surface area contributed by atoms with Crippen LogP contribution in [0, 0.1) is 6.92 Å². The van der Waals surface area contributed by atoms with Crippen LogP contribution in [-0.2, 0) is 11.3 Å². The highest BCUT2D eigenvalue weighted by Gasteiger charge is 2.01. The standard InChI is InChI=1S/C15H17N3O/c1-12-6-5-9-14(18-12)16-11-15(19)17-10-13-7-3-2-4-8-13/h2-9H,10-11H2,1H3,(H,16,18)(H,17,19). The monoisotopic (exact) mass is 255 g/mol. The number of aromatic nitrogens is 1. The first-order valence-corrected chi connectivity index (χ1v) is 6.22. The Kier molecular flexibility index (Phi) is 4.50. The van der Waals surface area contributed by atoms with E-state index in [9.17, 15) is 4.79 Å². The molecule has 0 saturated heterocycles. The van der Waals surface area contributed by atoms with Crippen LogP contribution in [-0.4, -0.2) is 17.4 Å². The molecule has 0 aliphatic carbocycles. The molecular formula is C15H17N3O. The molecule has 0 atom stereocenters. The lowest BCUT2D eigenvalue weighted by Crippen LogP contribution is -2.29. The third-order valence-electron chi connectivity index (χ3n) is 2.65. The van der Waals surface area contributed by atoms with E-state index in [4.69, 9.17) is 0 Å². The second-order valence-electron chi connectivity index (χ2n) is 4.28. The van der Waals surface area contributed by atoms with Gasteiger partial charge in [0.25, 0.3) is 0 Å². The number of carbonyl (C=O) groups excluding carboxylic acids is 1. The highest BCUT2D eigenvalue weighted by molar-refractivity contribution is 5.80. The van der Waals surface area contributed by atoms with Gasteiger partial charge in [-0.3, -0.25) is 4.79 Å². The third kappa shape index (κ3) is 4.43. The van der Waals surface area contributed by atoms with Crippen LogP contribution in [0.15, 0.2) is 48.5 Å². The number of aryl methyl sites for hydroxylation is 1. The van der Waals surface area contributed by atoms with Crippen molar-refractivity contribution in [3.63, 3.8) is 0 Å². The molecule has 0 saturated carbocycles. The molecule has 0 aliphatic rings. The van der Waals surface area contributed by atoms with Crippen LogP contribution >= 0.6 is 0 Å². The number of rotatable bonds is 5. The van der Waals surface area contributed by atoms with E-state index in [2.05, 4.69) is 15.6 Å². The van der Waals surface area contributed by atoms with Crippen molar-refractivity contribution in [1.82, 2.24) is 10.3 Å². The minimum atomic E-state index is -0.0489. The molecule has 1 aromatic heterocycles. The molecule has 1 aromatic carbocycles. The minimum absolute atomic E-state index is 0.0489. The zero-order valence-corrected chi connectivity index (χ0v) is 10.9. The lowest BCUT2D eigenvalue weighted by atomic mass is 10.2. The van der Waals surface area contributed by atoms with Gasteiger partial charge >= 0.3 is 0 Å². The largest absolute Gasteiger partial charge is 0.361 e. The SMILES string of the molecule is Cc1cccc(NCC(=O)NCc2ccccc2)n1. The van der Waals surface area contributed by atoms with Gasteiger partial charge in [-0.05, 0) is 24.6 Å². The predicted octanol–water partition coefficient (Wildman–Crippen LogP) is 2.12. The number of nitrogens with zero attached hydrogens (tertiary/aromatic N) is 1. The summed E-state index contributed by atoms with van der Waals surface area (Å²) in [6.07, 6.45) is 0. The van der Waals surface area contributed by atoms with Gasteiger partial charge in [0.2, 0.25) is 5.91 Å². The first-order chi connectivity index (χ1) is 9.24. The van der Waals surface area contributed by atoms with Gasteiger partial charge in [0, 0.05) is 12.2 Å². The van der Waals surface area contributed by atoms with Crippen molar-refractivity contribution < 1.29 is 4.79 Å². The van der Waals surface area contributed by atoms with Gasteiger partial charge in [-0.25, -0.2) is 4.98 Å². The van der Waals surface area contributed by atoms with Gasteiger partial charge in [-0.1, -0.05) is 36.4 Å². The Morgan fingerprint density at radius 2 is 1.89 bits per heavy atom. The molecule has 0 unspecified atom stereocenters. The number of benzene rings is 1. The zero-order valence-electron chi connectivity index (χ0n) is 10.9. The molecule has 1 heterocycles. The van der Waals surface area contributed by atoms with E-state index < -0.39 is 0 Å². The summed E-state index contributed by atoms with van der Waals surface area (Å²) in [5.41, 5.74) is 2.01. The quantitative estimate of drug-likeness (QED) is 0.860. The molecule has 2 aromatic rings. The average molecular weight is 255 g/mol. The van der Waals surface area contributed by atoms with E-state index in [0.717, 1.165) is 17.1 Å². The summed E-state index contributed by atoms with van der Waals surface area (Å²) in [4.78, 5) is 15.9. The maximum atomic E-state index is 11.7.